The van der Waals surface area contributed by atoms with Gasteiger partial charge in [0.1, 0.15) is 6.29 Å². The summed E-state index contributed by atoms with van der Waals surface area (Å²) in [7, 11) is 1.43. The number of hydrogen-bond donors (Lipinski definition) is 1. The molecule has 0 heterocycles. The predicted molar refractivity (Wildman–Crippen MR) is 104 cm³/mol. The lowest BCUT2D eigenvalue weighted by Crippen LogP contribution is -2.31. The first-order valence-corrected chi connectivity index (χ1v) is 8.67. The van der Waals surface area contributed by atoms with E-state index in [0.29, 0.717) is 23.3 Å². The molecule has 0 radical (unpaired) electrons. The highest BCUT2D eigenvalue weighted by molar-refractivity contribution is 5.95. The molecule has 0 unspecified atom stereocenters. The van der Waals surface area contributed by atoms with Gasteiger partial charge in [0.2, 0.25) is 0 Å². The SMILES string of the molecule is COc1cc(C=O)ccc1OCC(=O)O[C@@H](C)C(=O)Nc1ccc(C)cc1C. The summed E-state index contributed by atoms with van der Waals surface area (Å²) in [5, 5.41) is 2.74. The second-order valence-electron chi connectivity index (χ2n) is 6.26. The van der Waals surface area contributed by atoms with Crippen LogP contribution >= 0.6 is 0 Å². The quantitative estimate of drug-likeness (QED) is 0.555. The van der Waals surface area contributed by atoms with Crippen molar-refractivity contribution in [2.75, 3.05) is 19.0 Å². The fourth-order valence-electron chi connectivity index (χ4n) is 2.49. The molecule has 7 heteroatoms. The van der Waals surface area contributed by atoms with Gasteiger partial charge in [-0.15, -0.1) is 0 Å². The van der Waals surface area contributed by atoms with E-state index in [1.165, 1.54) is 32.2 Å². The Balaban J connectivity index is 1.90. The molecule has 1 N–H and O–H groups in total. The number of ether oxygens (including phenoxy) is 3. The summed E-state index contributed by atoms with van der Waals surface area (Å²) in [4.78, 5) is 35.0. The summed E-state index contributed by atoms with van der Waals surface area (Å²) in [6.07, 6.45) is -0.312. The zero-order valence-electron chi connectivity index (χ0n) is 16.3. The molecule has 0 fully saturated rings. The maximum Gasteiger partial charge on any atom is 0.344 e. The van der Waals surface area contributed by atoms with Crippen molar-refractivity contribution in [1.29, 1.82) is 0 Å². The Bertz CT molecular complexity index is 877. The van der Waals surface area contributed by atoms with E-state index in [1.807, 2.05) is 26.0 Å². The number of amides is 1. The molecule has 0 bridgehead atoms. The Morgan fingerprint density at radius 2 is 1.86 bits per heavy atom. The third-order valence-electron chi connectivity index (χ3n) is 3.99. The number of hydrogen-bond acceptors (Lipinski definition) is 6. The molecule has 148 valence electrons. The Labute approximate surface area is 163 Å². The number of esters is 1. The van der Waals surface area contributed by atoms with E-state index >= 15 is 0 Å². The minimum atomic E-state index is -0.990. The molecule has 0 spiro atoms. The summed E-state index contributed by atoms with van der Waals surface area (Å²) in [5.41, 5.74) is 3.09. The summed E-state index contributed by atoms with van der Waals surface area (Å²) in [5.74, 6) is -0.534. The van der Waals surface area contributed by atoms with Crippen molar-refractivity contribution in [3.8, 4) is 11.5 Å². The van der Waals surface area contributed by atoms with Crippen LogP contribution in [0.2, 0.25) is 0 Å². The van der Waals surface area contributed by atoms with Crippen LogP contribution in [0.5, 0.6) is 11.5 Å². The van der Waals surface area contributed by atoms with E-state index in [4.69, 9.17) is 14.2 Å². The lowest BCUT2D eigenvalue weighted by molar-refractivity contribution is -0.155. The minimum absolute atomic E-state index is 0.289. The molecule has 2 rings (SSSR count). The Kier molecular flexibility index (Phi) is 7.14. The van der Waals surface area contributed by atoms with Crippen molar-refractivity contribution in [1.82, 2.24) is 0 Å². The summed E-state index contributed by atoms with van der Waals surface area (Å²) in [6, 6.07) is 10.2. The minimum Gasteiger partial charge on any atom is -0.493 e. The van der Waals surface area contributed by atoms with E-state index in [2.05, 4.69) is 5.32 Å². The van der Waals surface area contributed by atoms with Crippen LogP contribution in [0.1, 0.15) is 28.4 Å². The molecule has 0 saturated carbocycles. The lowest BCUT2D eigenvalue weighted by atomic mass is 10.1. The molecule has 0 aliphatic heterocycles. The van der Waals surface area contributed by atoms with Crippen LogP contribution in [0.4, 0.5) is 5.69 Å². The molecule has 2 aromatic rings. The van der Waals surface area contributed by atoms with Crippen molar-refractivity contribution in [3.05, 3.63) is 53.1 Å². The van der Waals surface area contributed by atoms with Crippen LogP contribution < -0.4 is 14.8 Å². The van der Waals surface area contributed by atoms with Gasteiger partial charge in [-0.05, 0) is 50.6 Å². The van der Waals surface area contributed by atoms with Crippen molar-refractivity contribution >= 4 is 23.9 Å². The first-order chi connectivity index (χ1) is 13.3. The number of nitrogens with one attached hydrogen (secondary N) is 1. The van der Waals surface area contributed by atoms with Gasteiger partial charge in [0.25, 0.3) is 5.91 Å². The Hall–Kier alpha value is -3.35. The number of carbonyl (C=O) groups excluding carboxylic acids is 3. The van der Waals surface area contributed by atoms with E-state index < -0.39 is 24.6 Å². The molecule has 0 aliphatic rings. The second kappa shape index (κ2) is 9.55. The number of anilines is 1. The van der Waals surface area contributed by atoms with Crippen molar-refractivity contribution in [2.24, 2.45) is 0 Å². The molecule has 1 atom stereocenters. The van der Waals surface area contributed by atoms with Crippen LogP contribution in [0.25, 0.3) is 0 Å². The molecule has 28 heavy (non-hydrogen) atoms. The van der Waals surface area contributed by atoms with Gasteiger partial charge in [0, 0.05) is 11.3 Å². The first kappa shape index (κ1) is 21.0. The maximum atomic E-state index is 12.2. The monoisotopic (exact) mass is 385 g/mol. The Morgan fingerprint density at radius 1 is 1.11 bits per heavy atom. The molecular weight excluding hydrogens is 362 g/mol. The van der Waals surface area contributed by atoms with E-state index in [-0.39, 0.29) is 5.75 Å². The van der Waals surface area contributed by atoms with E-state index in [0.717, 1.165) is 11.1 Å². The van der Waals surface area contributed by atoms with Crippen molar-refractivity contribution in [2.45, 2.75) is 26.9 Å². The van der Waals surface area contributed by atoms with Crippen LogP contribution in [0.15, 0.2) is 36.4 Å². The van der Waals surface area contributed by atoms with Crippen LogP contribution in [-0.2, 0) is 14.3 Å². The second-order valence-corrected chi connectivity index (χ2v) is 6.26. The molecule has 0 aromatic heterocycles. The zero-order valence-corrected chi connectivity index (χ0v) is 16.3. The van der Waals surface area contributed by atoms with Gasteiger partial charge in [0.15, 0.2) is 24.2 Å². The normalized spacial score (nSPS) is 11.3. The van der Waals surface area contributed by atoms with Crippen LogP contribution in [0, 0.1) is 13.8 Å². The van der Waals surface area contributed by atoms with Gasteiger partial charge >= 0.3 is 5.97 Å². The highest BCUT2D eigenvalue weighted by Gasteiger charge is 2.19. The van der Waals surface area contributed by atoms with Gasteiger partial charge < -0.3 is 19.5 Å². The average molecular weight is 385 g/mol. The molecule has 0 saturated heterocycles. The first-order valence-electron chi connectivity index (χ1n) is 8.67. The number of carbonyl (C=O) groups is 3. The molecule has 0 aliphatic carbocycles. The van der Waals surface area contributed by atoms with Crippen LogP contribution in [0.3, 0.4) is 0 Å². The largest absolute Gasteiger partial charge is 0.493 e. The van der Waals surface area contributed by atoms with Gasteiger partial charge in [-0.3, -0.25) is 9.59 Å². The number of benzene rings is 2. The lowest BCUT2D eigenvalue weighted by Gasteiger charge is -2.16. The predicted octanol–water partition coefficient (Wildman–Crippen LogP) is 3.07. The fourth-order valence-corrected chi connectivity index (χ4v) is 2.49. The molecule has 7 nitrogen and oxygen atoms in total. The van der Waals surface area contributed by atoms with Crippen molar-refractivity contribution in [3.63, 3.8) is 0 Å². The molecular formula is C21H23NO6. The van der Waals surface area contributed by atoms with Gasteiger partial charge in [0.05, 0.1) is 7.11 Å². The molecule has 1 amide bonds. The highest BCUT2D eigenvalue weighted by Crippen LogP contribution is 2.27. The number of methoxy groups -OCH3 is 1. The number of aryl methyl sites for hydroxylation is 2. The summed E-state index contributed by atoms with van der Waals surface area (Å²) < 4.78 is 15.6. The standard InChI is InChI=1S/C21H23NO6/c1-13-5-7-17(14(2)9-13)22-21(25)15(3)28-20(24)12-27-18-8-6-16(11-23)10-19(18)26-4/h5-11,15H,12H2,1-4H3,(H,22,25)/t15-/m0/s1. The summed E-state index contributed by atoms with van der Waals surface area (Å²) >= 11 is 0. The van der Waals surface area contributed by atoms with E-state index in [1.54, 1.807) is 6.07 Å². The fraction of sp³-hybridized carbons (Fsp3) is 0.286. The Morgan fingerprint density at radius 3 is 2.50 bits per heavy atom. The third-order valence-corrected chi connectivity index (χ3v) is 3.99. The van der Waals surface area contributed by atoms with Crippen LogP contribution in [-0.4, -0.2) is 38.0 Å². The zero-order chi connectivity index (χ0) is 20.7. The van der Waals surface area contributed by atoms with Gasteiger partial charge in [-0.25, -0.2) is 4.79 Å². The smallest absolute Gasteiger partial charge is 0.344 e. The number of rotatable bonds is 8. The average Bonchev–Trinajstić information content (AvgIpc) is 2.68. The summed E-state index contributed by atoms with van der Waals surface area (Å²) in [6.45, 7) is 4.93. The molecule has 2 aromatic carbocycles. The number of aldehydes is 1. The van der Waals surface area contributed by atoms with Gasteiger partial charge in [-0.2, -0.15) is 0 Å². The van der Waals surface area contributed by atoms with Crippen molar-refractivity contribution < 1.29 is 28.6 Å². The highest BCUT2D eigenvalue weighted by atomic mass is 16.6. The third kappa shape index (κ3) is 5.57. The maximum absolute atomic E-state index is 12.2. The van der Waals surface area contributed by atoms with Gasteiger partial charge in [-0.1, -0.05) is 17.7 Å². The topological polar surface area (TPSA) is 90.9 Å². The van der Waals surface area contributed by atoms with E-state index in [9.17, 15) is 14.4 Å².